The van der Waals surface area contributed by atoms with Gasteiger partial charge in [-0.1, -0.05) is 30.3 Å². The zero-order valence-electron chi connectivity index (χ0n) is 11.5. The molecule has 2 aromatic rings. The molecule has 1 aromatic carbocycles. The fourth-order valence-electron chi connectivity index (χ4n) is 2.44. The monoisotopic (exact) mass is 273 g/mol. The van der Waals surface area contributed by atoms with Crippen LogP contribution in [0, 0.1) is 0 Å². The summed E-state index contributed by atoms with van der Waals surface area (Å²) >= 11 is 0. The van der Waals surface area contributed by atoms with Gasteiger partial charge < -0.3 is 15.3 Å². The molecule has 6 heteroatoms. The largest absolute Gasteiger partial charge is 0.380 e. The molecule has 1 aliphatic heterocycles. The van der Waals surface area contributed by atoms with Gasteiger partial charge in [0.05, 0.1) is 0 Å². The van der Waals surface area contributed by atoms with Crippen LogP contribution in [0.5, 0.6) is 0 Å². The molecule has 3 rings (SSSR count). The lowest BCUT2D eigenvalue weighted by molar-refractivity contribution is 0.210. The molecule has 2 heterocycles. The van der Waals surface area contributed by atoms with E-state index in [1.54, 1.807) is 0 Å². The summed E-state index contributed by atoms with van der Waals surface area (Å²) in [5.41, 5.74) is 0.809. The van der Waals surface area contributed by atoms with E-state index in [0.29, 0.717) is 17.8 Å². The second-order valence-electron chi connectivity index (χ2n) is 5.14. The molecule has 6 nitrogen and oxygen atoms in total. The predicted octanol–water partition coefficient (Wildman–Crippen LogP) is 0.684. The standard InChI is InChI=1S/C14H19N5O/c1-10-9-19(8-7-15-10)14-16-13(17-18-14)12(20)11-5-3-2-4-6-11/h2-6,10,12,15,20H,7-9H2,1H3,(H,16,17,18)/t10-,12?/m1/s1. The minimum Gasteiger partial charge on any atom is -0.380 e. The van der Waals surface area contributed by atoms with Crippen LogP contribution in [0.4, 0.5) is 5.95 Å². The van der Waals surface area contributed by atoms with Crippen molar-refractivity contribution in [3.63, 3.8) is 0 Å². The first kappa shape index (κ1) is 13.1. The second-order valence-corrected chi connectivity index (χ2v) is 5.14. The summed E-state index contributed by atoms with van der Waals surface area (Å²) < 4.78 is 0. The third-order valence-corrected chi connectivity index (χ3v) is 3.52. The molecule has 20 heavy (non-hydrogen) atoms. The number of nitrogens with zero attached hydrogens (tertiary/aromatic N) is 3. The van der Waals surface area contributed by atoms with Crippen molar-refractivity contribution in [2.45, 2.75) is 19.1 Å². The highest BCUT2D eigenvalue weighted by molar-refractivity contribution is 5.32. The molecule has 0 bridgehead atoms. The van der Waals surface area contributed by atoms with Gasteiger partial charge in [0.1, 0.15) is 6.10 Å². The maximum Gasteiger partial charge on any atom is 0.244 e. The first-order valence-corrected chi connectivity index (χ1v) is 6.87. The van der Waals surface area contributed by atoms with Gasteiger partial charge in [0.2, 0.25) is 5.95 Å². The van der Waals surface area contributed by atoms with Gasteiger partial charge in [0.25, 0.3) is 0 Å². The average Bonchev–Trinajstić information content (AvgIpc) is 2.97. The SMILES string of the molecule is C[C@@H]1CN(c2n[nH]c(C(O)c3ccccc3)n2)CCN1. The van der Waals surface area contributed by atoms with Crippen LogP contribution in [0.2, 0.25) is 0 Å². The minimum atomic E-state index is -0.766. The number of benzene rings is 1. The van der Waals surface area contributed by atoms with Gasteiger partial charge >= 0.3 is 0 Å². The molecule has 1 aromatic heterocycles. The number of piperazine rings is 1. The minimum absolute atomic E-state index is 0.421. The van der Waals surface area contributed by atoms with E-state index in [1.165, 1.54) is 0 Å². The van der Waals surface area contributed by atoms with E-state index in [2.05, 4.69) is 32.3 Å². The Kier molecular flexibility index (Phi) is 3.66. The number of hydrogen-bond acceptors (Lipinski definition) is 5. The zero-order chi connectivity index (χ0) is 13.9. The average molecular weight is 273 g/mol. The van der Waals surface area contributed by atoms with E-state index in [0.717, 1.165) is 25.2 Å². The van der Waals surface area contributed by atoms with Crippen LogP contribution in [0.25, 0.3) is 0 Å². The number of nitrogens with one attached hydrogen (secondary N) is 2. The van der Waals surface area contributed by atoms with Crippen LogP contribution < -0.4 is 10.2 Å². The number of aliphatic hydroxyl groups is 1. The normalized spacial score (nSPS) is 20.9. The topological polar surface area (TPSA) is 77.1 Å². The highest BCUT2D eigenvalue weighted by Crippen LogP contribution is 2.20. The third-order valence-electron chi connectivity index (χ3n) is 3.52. The summed E-state index contributed by atoms with van der Waals surface area (Å²) in [7, 11) is 0. The summed E-state index contributed by atoms with van der Waals surface area (Å²) in [6, 6.07) is 9.88. The van der Waals surface area contributed by atoms with Gasteiger partial charge in [-0.25, -0.2) is 0 Å². The molecule has 1 saturated heterocycles. The van der Waals surface area contributed by atoms with Crippen molar-refractivity contribution < 1.29 is 5.11 Å². The molecule has 0 aliphatic carbocycles. The van der Waals surface area contributed by atoms with Gasteiger partial charge in [-0.2, -0.15) is 4.98 Å². The third kappa shape index (κ3) is 2.66. The van der Waals surface area contributed by atoms with Crippen LogP contribution in [-0.2, 0) is 0 Å². The fraction of sp³-hybridized carbons (Fsp3) is 0.429. The highest BCUT2D eigenvalue weighted by Gasteiger charge is 2.21. The highest BCUT2D eigenvalue weighted by atomic mass is 16.3. The lowest BCUT2D eigenvalue weighted by atomic mass is 10.1. The van der Waals surface area contributed by atoms with Crippen LogP contribution in [-0.4, -0.2) is 46.0 Å². The Balaban J connectivity index is 1.76. The first-order valence-electron chi connectivity index (χ1n) is 6.87. The van der Waals surface area contributed by atoms with E-state index in [4.69, 9.17) is 0 Å². The van der Waals surface area contributed by atoms with Crippen molar-refractivity contribution in [3.8, 4) is 0 Å². The van der Waals surface area contributed by atoms with E-state index in [-0.39, 0.29) is 0 Å². The summed E-state index contributed by atoms with van der Waals surface area (Å²) in [5.74, 6) is 1.14. The Labute approximate surface area is 117 Å². The molecular formula is C14H19N5O. The number of H-pyrrole nitrogens is 1. The Morgan fingerprint density at radius 2 is 2.15 bits per heavy atom. The Bertz CT molecular complexity index is 556. The van der Waals surface area contributed by atoms with Crippen LogP contribution in [0.1, 0.15) is 24.4 Å². The number of aliphatic hydroxyl groups excluding tert-OH is 1. The lowest BCUT2D eigenvalue weighted by Crippen LogP contribution is -2.49. The fourth-order valence-corrected chi connectivity index (χ4v) is 2.44. The quantitative estimate of drug-likeness (QED) is 0.767. The Morgan fingerprint density at radius 3 is 2.90 bits per heavy atom. The van der Waals surface area contributed by atoms with E-state index in [1.807, 2.05) is 30.3 Å². The Morgan fingerprint density at radius 1 is 1.35 bits per heavy atom. The molecule has 1 unspecified atom stereocenters. The van der Waals surface area contributed by atoms with Crippen molar-refractivity contribution in [2.24, 2.45) is 0 Å². The summed E-state index contributed by atoms with van der Waals surface area (Å²) in [5, 5.41) is 20.7. The molecular weight excluding hydrogens is 254 g/mol. The Hall–Kier alpha value is -1.92. The van der Waals surface area contributed by atoms with Gasteiger partial charge in [0.15, 0.2) is 5.82 Å². The molecule has 1 aliphatic rings. The maximum absolute atomic E-state index is 10.3. The lowest BCUT2D eigenvalue weighted by Gasteiger charge is -2.30. The first-order chi connectivity index (χ1) is 9.74. The molecule has 0 radical (unpaired) electrons. The number of aromatic amines is 1. The van der Waals surface area contributed by atoms with Crippen molar-refractivity contribution >= 4 is 5.95 Å². The predicted molar refractivity (Wildman–Crippen MR) is 76.6 cm³/mol. The van der Waals surface area contributed by atoms with E-state index in [9.17, 15) is 5.11 Å². The molecule has 3 N–H and O–H groups in total. The van der Waals surface area contributed by atoms with Crippen molar-refractivity contribution in [2.75, 3.05) is 24.5 Å². The van der Waals surface area contributed by atoms with Crippen molar-refractivity contribution in [1.82, 2.24) is 20.5 Å². The van der Waals surface area contributed by atoms with Crippen LogP contribution >= 0.6 is 0 Å². The molecule has 2 atom stereocenters. The van der Waals surface area contributed by atoms with E-state index < -0.39 is 6.10 Å². The number of aromatic nitrogens is 3. The number of anilines is 1. The number of rotatable bonds is 3. The zero-order valence-corrected chi connectivity index (χ0v) is 11.5. The maximum atomic E-state index is 10.3. The smallest absolute Gasteiger partial charge is 0.244 e. The van der Waals surface area contributed by atoms with Gasteiger partial charge in [-0.3, -0.25) is 5.10 Å². The molecule has 106 valence electrons. The van der Waals surface area contributed by atoms with Crippen molar-refractivity contribution in [1.29, 1.82) is 0 Å². The molecule has 0 amide bonds. The molecule has 0 spiro atoms. The number of hydrogen-bond donors (Lipinski definition) is 3. The summed E-state index contributed by atoms with van der Waals surface area (Å²) in [4.78, 5) is 6.55. The summed E-state index contributed by atoms with van der Waals surface area (Å²) in [6.45, 7) is 4.81. The van der Waals surface area contributed by atoms with Gasteiger partial charge in [0, 0.05) is 25.7 Å². The van der Waals surface area contributed by atoms with Crippen LogP contribution in [0.15, 0.2) is 30.3 Å². The van der Waals surface area contributed by atoms with Gasteiger partial charge in [-0.05, 0) is 12.5 Å². The summed E-state index contributed by atoms with van der Waals surface area (Å²) in [6.07, 6.45) is -0.766. The van der Waals surface area contributed by atoms with Gasteiger partial charge in [-0.15, -0.1) is 5.10 Å². The van der Waals surface area contributed by atoms with Crippen molar-refractivity contribution in [3.05, 3.63) is 41.7 Å². The van der Waals surface area contributed by atoms with Crippen LogP contribution in [0.3, 0.4) is 0 Å². The van der Waals surface area contributed by atoms with E-state index >= 15 is 0 Å². The molecule has 1 fully saturated rings. The molecule has 0 saturated carbocycles. The second kappa shape index (κ2) is 5.60.